The molecule has 0 radical (unpaired) electrons. The molecule has 2 aromatic carbocycles. The van der Waals surface area contributed by atoms with E-state index in [1.807, 2.05) is 45.9 Å². The van der Waals surface area contributed by atoms with Gasteiger partial charge in [0.25, 0.3) is 5.89 Å². The van der Waals surface area contributed by atoms with E-state index in [1.165, 1.54) is 12.1 Å². The lowest BCUT2D eigenvalue weighted by molar-refractivity contribution is 0.153. The number of benzene rings is 2. The van der Waals surface area contributed by atoms with Crippen molar-refractivity contribution in [1.82, 2.24) is 10.1 Å². The molecule has 8 nitrogen and oxygen atoms in total. The van der Waals surface area contributed by atoms with Gasteiger partial charge in [0.1, 0.15) is 22.2 Å². The highest BCUT2D eigenvalue weighted by atomic mass is 32.2. The summed E-state index contributed by atoms with van der Waals surface area (Å²) in [6.07, 6.45) is 2.75. The van der Waals surface area contributed by atoms with Gasteiger partial charge in [-0.25, -0.2) is 12.8 Å². The molecule has 0 bridgehead atoms. The highest BCUT2D eigenvalue weighted by Gasteiger charge is 2.22. The van der Waals surface area contributed by atoms with E-state index in [1.54, 1.807) is 6.08 Å². The summed E-state index contributed by atoms with van der Waals surface area (Å²) in [6, 6.07) is 9.34. The Kier molecular flexibility index (Phi) is 7.10. The van der Waals surface area contributed by atoms with Crippen molar-refractivity contribution in [3.8, 4) is 17.1 Å². The van der Waals surface area contributed by atoms with Gasteiger partial charge in [0, 0.05) is 29.4 Å². The molecule has 10 heteroatoms. The second kappa shape index (κ2) is 10.1. The van der Waals surface area contributed by atoms with Gasteiger partial charge in [-0.1, -0.05) is 36.8 Å². The van der Waals surface area contributed by atoms with Crippen LogP contribution in [-0.4, -0.2) is 30.5 Å². The summed E-state index contributed by atoms with van der Waals surface area (Å²) in [5.41, 5.74) is 5.82. The molecule has 1 aliphatic heterocycles. The van der Waals surface area contributed by atoms with Gasteiger partial charge in [0.05, 0.1) is 0 Å². The molecule has 4 rings (SSSR count). The molecule has 0 spiro atoms. The smallest absolute Gasteiger partial charge is 0.268 e. The minimum absolute atomic E-state index is 0.133. The van der Waals surface area contributed by atoms with E-state index in [2.05, 4.69) is 21.0 Å². The number of ether oxygens (including phenoxy) is 1. The first-order valence-electron chi connectivity index (χ1n) is 11.4. The van der Waals surface area contributed by atoms with Crippen molar-refractivity contribution in [3.05, 3.63) is 76.8 Å². The van der Waals surface area contributed by atoms with E-state index in [4.69, 9.17) is 14.1 Å². The van der Waals surface area contributed by atoms with Crippen LogP contribution in [0.15, 0.2) is 68.5 Å². The van der Waals surface area contributed by atoms with Crippen LogP contribution in [0.4, 0.5) is 4.39 Å². The molecule has 1 aliphatic rings. The largest absolute Gasteiger partial charge is 0.480 e. The number of halogens is 1. The summed E-state index contributed by atoms with van der Waals surface area (Å²) < 4.78 is 49.2. The minimum Gasteiger partial charge on any atom is -0.480 e. The highest BCUT2D eigenvalue weighted by Crippen LogP contribution is 2.30. The lowest BCUT2D eigenvalue weighted by atomic mass is 10.1. The monoisotopic (exact) mass is 511 g/mol. The van der Waals surface area contributed by atoms with E-state index in [0.717, 1.165) is 23.4 Å². The number of hydrogen-bond acceptors (Lipinski definition) is 8. The Morgan fingerprint density at radius 2 is 1.89 bits per heavy atom. The Labute approximate surface area is 209 Å². The number of aromatic nitrogens is 2. The van der Waals surface area contributed by atoms with Gasteiger partial charge >= 0.3 is 0 Å². The maximum Gasteiger partial charge on any atom is 0.268 e. The third-order valence-electron chi connectivity index (χ3n) is 5.54. The molecular weight excluding hydrogens is 485 g/mol. The maximum atomic E-state index is 14.3. The minimum atomic E-state index is -3.68. The summed E-state index contributed by atoms with van der Waals surface area (Å²) in [4.78, 5) is 9.40. The Balaban J connectivity index is 1.52. The first kappa shape index (κ1) is 25.3. The predicted molar refractivity (Wildman–Crippen MR) is 132 cm³/mol. The Morgan fingerprint density at radius 3 is 2.47 bits per heavy atom. The fourth-order valence-electron chi connectivity index (χ4n) is 3.53. The molecule has 0 saturated carbocycles. The van der Waals surface area contributed by atoms with Crippen LogP contribution in [0.3, 0.4) is 0 Å². The number of aryl methyl sites for hydroxylation is 1. The van der Waals surface area contributed by atoms with E-state index in [0.29, 0.717) is 29.2 Å². The van der Waals surface area contributed by atoms with Crippen molar-refractivity contribution in [2.75, 3.05) is 6.26 Å². The molecule has 3 aromatic rings. The normalized spacial score (nSPS) is 14.3. The van der Waals surface area contributed by atoms with Crippen LogP contribution in [-0.2, 0) is 14.7 Å². The number of nitrogens with zero attached hydrogens (tertiary/aromatic N) is 3. The van der Waals surface area contributed by atoms with Crippen molar-refractivity contribution in [2.24, 2.45) is 11.1 Å². The van der Waals surface area contributed by atoms with Crippen LogP contribution < -0.4 is 4.74 Å². The van der Waals surface area contributed by atoms with Gasteiger partial charge in [-0.2, -0.15) is 4.98 Å². The second-order valence-corrected chi connectivity index (χ2v) is 10.7. The summed E-state index contributed by atoms with van der Waals surface area (Å²) >= 11 is 0. The molecule has 0 amide bonds. The SMILES string of the molecule is CCC(Oc1ccc(C2=NOC(C(C)C)=C=C2)cc1C)c1nc(-c2ccc(S(C)(=O)=O)c(F)c2)no1. The fraction of sp³-hybridized carbons (Fsp3) is 0.308. The molecule has 0 aliphatic carbocycles. The van der Waals surface area contributed by atoms with Crippen LogP contribution in [0.5, 0.6) is 5.75 Å². The highest BCUT2D eigenvalue weighted by molar-refractivity contribution is 7.90. The van der Waals surface area contributed by atoms with Crippen LogP contribution >= 0.6 is 0 Å². The van der Waals surface area contributed by atoms with Crippen molar-refractivity contribution in [3.63, 3.8) is 0 Å². The van der Waals surface area contributed by atoms with Crippen LogP contribution in [0.25, 0.3) is 11.4 Å². The first-order chi connectivity index (χ1) is 17.1. The summed E-state index contributed by atoms with van der Waals surface area (Å²) in [5.74, 6) is 1.00. The third kappa shape index (κ3) is 5.40. The van der Waals surface area contributed by atoms with Gasteiger partial charge < -0.3 is 14.1 Å². The maximum absolute atomic E-state index is 14.3. The average molecular weight is 512 g/mol. The van der Waals surface area contributed by atoms with E-state index >= 15 is 0 Å². The molecule has 36 heavy (non-hydrogen) atoms. The Hall–Kier alpha value is -3.75. The van der Waals surface area contributed by atoms with Gasteiger partial charge in [-0.05, 0) is 55.3 Å². The third-order valence-corrected chi connectivity index (χ3v) is 6.67. The number of oxime groups is 1. The fourth-order valence-corrected chi connectivity index (χ4v) is 4.25. The zero-order valence-electron chi connectivity index (χ0n) is 20.6. The lowest BCUT2D eigenvalue weighted by Crippen LogP contribution is -2.09. The molecule has 2 heterocycles. The number of sulfone groups is 1. The zero-order valence-corrected chi connectivity index (χ0v) is 21.4. The van der Waals surface area contributed by atoms with E-state index in [-0.39, 0.29) is 22.5 Å². The van der Waals surface area contributed by atoms with E-state index < -0.39 is 21.8 Å². The molecular formula is C26H26FN3O5S. The van der Waals surface area contributed by atoms with Gasteiger partial charge in [0.15, 0.2) is 21.7 Å². The van der Waals surface area contributed by atoms with Gasteiger partial charge in [-0.3, -0.25) is 0 Å². The van der Waals surface area contributed by atoms with Crippen LogP contribution in [0, 0.1) is 18.7 Å². The molecule has 0 N–H and O–H groups in total. The van der Waals surface area contributed by atoms with Gasteiger partial charge in [0.2, 0.25) is 5.82 Å². The standard InChI is InChI=1S/C26H26FN3O5S/c1-6-21(26-28-25(30-35-26)18-8-12-24(19(27)14-18)36(5,31)32)33-23-10-7-17(13-16(23)4)20-9-11-22(15(2)3)34-29-20/h7-10,12-15,21H,6H2,1-5H3. The summed E-state index contributed by atoms with van der Waals surface area (Å²) in [5, 5.41) is 8.10. The quantitative estimate of drug-likeness (QED) is 0.365. The average Bonchev–Trinajstić information content (AvgIpc) is 3.32. The Morgan fingerprint density at radius 1 is 1.14 bits per heavy atom. The summed E-state index contributed by atoms with van der Waals surface area (Å²) in [7, 11) is -3.68. The van der Waals surface area contributed by atoms with Crippen LogP contribution in [0.1, 0.15) is 50.3 Å². The second-order valence-electron chi connectivity index (χ2n) is 8.74. The first-order valence-corrected chi connectivity index (χ1v) is 13.3. The molecule has 188 valence electrons. The van der Waals surface area contributed by atoms with Crippen molar-refractivity contribution in [1.29, 1.82) is 0 Å². The number of hydrogen-bond donors (Lipinski definition) is 0. The number of rotatable bonds is 8. The van der Waals surface area contributed by atoms with Gasteiger partial charge in [-0.15, -0.1) is 0 Å². The lowest BCUT2D eigenvalue weighted by Gasteiger charge is -2.16. The molecule has 1 atom stereocenters. The Bertz CT molecular complexity index is 1500. The number of allylic oxidation sites excluding steroid dienone is 1. The topological polar surface area (TPSA) is 104 Å². The van der Waals surface area contributed by atoms with E-state index in [9.17, 15) is 12.8 Å². The van der Waals surface area contributed by atoms with Crippen molar-refractivity contribution in [2.45, 2.75) is 45.1 Å². The molecule has 0 fully saturated rings. The predicted octanol–water partition coefficient (Wildman–Crippen LogP) is 5.55. The van der Waals surface area contributed by atoms with Crippen molar-refractivity contribution >= 4 is 15.5 Å². The zero-order chi connectivity index (χ0) is 26.0. The van der Waals surface area contributed by atoms with Crippen molar-refractivity contribution < 1.29 is 26.9 Å². The molecule has 1 aromatic heterocycles. The summed E-state index contributed by atoms with van der Waals surface area (Å²) in [6.45, 7) is 7.85. The van der Waals surface area contributed by atoms with Crippen LogP contribution in [0.2, 0.25) is 0 Å². The molecule has 0 saturated heterocycles. The molecule has 1 unspecified atom stereocenters.